The maximum atomic E-state index is 12.0. The second-order valence-corrected chi connectivity index (χ2v) is 9.74. The Labute approximate surface area is 185 Å². The van der Waals surface area contributed by atoms with E-state index in [9.17, 15) is 4.79 Å². The van der Waals surface area contributed by atoms with Crippen molar-refractivity contribution in [2.24, 2.45) is 7.05 Å². The van der Waals surface area contributed by atoms with Gasteiger partial charge in [-0.1, -0.05) is 26.0 Å². The Balaban J connectivity index is 1.53. The zero-order valence-electron chi connectivity index (χ0n) is 19.6. The largest absolute Gasteiger partial charge is 0.486 e. The van der Waals surface area contributed by atoms with E-state index in [0.717, 1.165) is 43.1 Å². The molecule has 1 fully saturated rings. The smallest absolute Gasteiger partial charge is 0.407 e. The van der Waals surface area contributed by atoms with Gasteiger partial charge in [-0.2, -0.15) is 0 Å². The molecule has 0 atom stereocenters. The van der Waals surface area contributed by atoms with Crippen LogP contribution in [0.25, 0.3) is 0 Å². The summed E-state index contributed by atoms with van der Waals surface area (Å²) in [5.74, 6) is 3.46. The van der Waals surface area contributed by atoms with Crippen LogP contribution in [0, 0.1) is 0 Å². The average molecular weight is 429 g/mol. The van der Waals surface area contributed by atoms with Crippen LogP contribution < -0.4 is 10.1 Å². The van der Waals surface area contributed by atoms with Gasteiger partial charge in [0.05, 0.1) is 0 Å². The first kappa shape index (κ1) is 23.1. The lowest BCUT2D eigenvalue weighted by atomic mass is 9.85. The van der Waals surface area contributed by atoms with E-state index in [2.05, 4.69) is 46.1 Å². The van der Waals surface area contributed by atoms with Crippen molar-refractivity contribution in [1.29, 1.82) is 0 Å². The minimum Gasteiger partial charge on any atom is -0.486 e. The quantitative estimate of drug-likeness (QED) is 0.695. The van der Waals surface area contributed by atoms with Gasteiger partial charge >= 0.3 is 6.09 Å². The Morgan fingerprint density at radius 2 is 1.90 bits per heavy atom. The van der Waals surface area contributed by atoms with Crippen molar-refractivity contribution in [3.8, 4) is 5.75 Å². The summed E-state index contributed by atoms with van der Waals surface area (Å²) >= 11 is 0. The molecule has 0 radical (unpaired) electrons. The second kappa shape index (κ2) is 9.71. The van der Waals surface area contributed by atoms with Crippen LogP contribution in [0.2, 0.25) is 0 Å². The number of hydrogen-bond donors (Lipinski definition) is 1. The number of nitrogens with one attached hydrogen (secondary N) is 1. The Bertz CT molecular complexity index is 877. The fourth-order valence-corrected chi connectivity index (χ4v) is 3.94. The van der Waals surface area contributed by atoms with Crippen molar-refractivity contribution in [2.75, 3.05) is 0 Å². The van der Waals surface area contributed by atoms with E-state index in [0.29, 0.717) is 18.4 Å². The van der Waals surface area contributed by atoms with Gasteiger partial charge in [0.1, 0.15) is 23.8 Å². The van der Waals surface area contributed by atoms with Gasteiger partial charge in [0, 0.05) is 19.0 Å². The van der Waals surface area contributed by atoms with Crippen molar-refractivity contribution >= 4 is 6.09 Å². The normalized spacial score (nSPS) is 19.3. The van der Waals surface area contributed by atoms with Crippen LogP contribution in [0.5, 0.6) is 5.75 Å². The van der Waals surface area contributed by atoms with Crippen LogP contribution in [-0.2, 0) is 18.4 Å². The van der Waals surface area contributed by atoms with Crippen molar-refractivity contribution in [3.63, 3.8) is 0 Å². The molecule has 7 nitrogen and oxygen atoms in total. The number of carbonyl (C=O) groups excluding carboxylic acids is 1. The van der Waals surface area contributed by atoms with Gasteiger partial charge in [0.2, 0.25) is 0 Å². The fraction of sp³-hybridized carbons (Fsp3) is 0.625. The zero-order chi connectivity index (χ0) is 22.6. The molecule has 0 aliphatic heterocycles. The predicted molar refractivity (Wildman–Crippen MR) is 120 cm³/mol. The molecule has 0 spiro atoms. The van der Waals surface area contributed by atoms with Gasteiger partial charge in [-0.25, -0.2) is 4.79 Å². The molecule has 1 saturated carbocycles. The van der Waals surface area contributed by atoms with Crippen molar-refractivity contribution < 1.29 is 14.3 Å². The van der Waals surface area contributed by atoms with Crippen LogP contribution in [0.4, 0.5) is 4.79 Å². The third-order valence-corrected chi connectivity index (χ3v) is 5.70. The summed E-state index contributed by atoms with van der Waals surface area (Å²) in [4.78, 5) is 12.0. The summed E-state index contributed by atoms with van der Waals surface area (Å²) in [7, 11) is 2.00. The van der Waals surface area contributed by atoms with E-state index in [1.165, 1.54) is 5.56 Å². The average Bonchev–Trinajstić information content (AvgIpc) is 3.06. The first-order valence-electron chi connectivity index (χ1n) is 11.2. The summed E-state index contributed by atoms with van der Waals surface area (Å²) in [6, 6.07) is 8.35. The maximum Gasteiger partial charge on any atom is 0.407 e. The van der Waals surface area contributed by atoms with Gasteiger partial charge in [-0.05, 0) is 70.1 Å². The van der Waals surface area contributed by atoms with Gasteiger partial charge in [0.15, 0.2) is 5.82 Å². The van der Waals surface area contributed by atoms with Crippen LogP contribution in [0.1, 0.15) is 89.4 Å². The monoisotopic (exact) mass is 428 g/mol. The Morgan fingerprint density at radius 1 is 1.19 bits per heavy atom. The molecule has 0 bridgehead atoms. The zero-order valence-corrected chi connectivity index (χ0v) is 19.6. The Kier molecular flexibility index (Phi) is 7.23. The molecule has 170 valence electrons. The fourth-order valence-electron chi connectivity index (χ4n) is 3.94. The van der Waals surface area contributed by atoms with Crippen LogP contribution in [0.15, 0.2) is 24.3 Å². The first-order valence-corrected chi connectivity index (χ1v) is 11.2. The third-order valence-electron chi connectivity index (χ3n) is 5.70. The van der Waals surface area contributed by atoms with Crippen LogP contribution in [0.3, 0.4) is 0 Å². The van der Waals surface area contributed by atoms with E-state index >= 15 is 0 Å². The summed E-state index contributed by atoms with van der Waals surface area (Å²) < 4.78 is 13.4. The van der Waals surface area contributed by atoms with E-state index in [1.54, 1.807) is 0 Å². The van der Waals surface area contributed by atoms with Gasteiger partial charge in [-0.3, -0.25) is 0 Å². The molecular weight excluding hydrogens is 392 g/mol. The number of alkyl carbamates (subject to hydrolysis) is 1. The molecule has 7 heteroatoms. The number of carbonyl (C=O) groups is 1. The second-order valence-electron chi connectivity index (χ2n) is 9.74. The van der Waals surface area contributed by atoms with E-state index in [4.69, 9.17) is 9.47 Å². The highest BCUT2D eigenvalue weighted by molar-refractivity contribution is 5.68. The SMILES string of the molecule is CC(C)c1cccc(OCc2nnc(C3CCC(NC(=O)OC(C)(C)C)CC3)n2C)c1. The van der Waals surface area contributed by atoms with Gasteiger partial charge in [0.25, 0.3) is 0 Å². The van der Waals surface area contributed by atoms with Gasteiger partial charge < -0.3 is 19.4 Å². The summed E-state index contributed by atoms with van der Waals surface area (Å²) in [5, 5.41) is 11.8. The van der Waals surface area contributed by atoms with E-state index in [1.807, 2.05) is 40.0 Å². The summed E-state index contributed by atoms with van der Waals surface area (Å²) in [5.41, 5.74) is 0.780. The number of hydrogen-bond acceptors (Lipinski definition) is 5. The van der Waals surface area contributed by atoms with E-state index in [-0.39, 0.29) is 12.1 Å². The van der Waals surface area contributed by atoms with Gasteiger partial charge in [-0.15, -0.1) is 10.2 Å². The molecule has 31 heavy (non-hydrogen) atoms. The lowest BCUT2D eigenvalue weighted by molar-refractivity contribution is 0.0491. The lowest BCUT2D eigenvalue weighted by Gasteiger charge is -2.29. The van der Waals surface area contributed by atoms with Crippen molar-refractivity contribution in [2.45, 2.75) is 90.4 Å². The molecule has 1 aromatic carbocycles. The minimum absolute atomic E-state index is 0.148. The number of amides is 1. The lowest BCUT2D eigenvalue weighted by Crippen LogP contribution is -2.40. The Morgan fingerprint density at radius 3 is 2.55 bits per heavy atom. The summed E-state index contributed by atoms with van der Waals surface area (Å²) in [6.45, 7) is 10.4. The highest BCUT2D eigenvalue weighted by Crippen LogP contribution is 2.32. The standard InChI is InChI=1S/C24H36N4O3/c1-16(2)18-8-7-9-20(14-18)30-15-21-26-27-22(28(21)6)17-10-12-19(13-11-17)25-23(29)31-24(3,4)5/h7-9,14,16-17,19H,10-13,15H2,1-6H3,(H,25,29). The molecule has 0 unspecified atom stereocenters. The van der Waals surface area contributed by atoms with Crippen molar-refractivity contribution in [1.82, 2.24) is 20.1 Å². The number of ether oxygens (including phenoxy) is 2. The highest BCUT2D eigenvalue weighted by atomic mass is 16.6. The molecule has 1 amide bonds. The third kappa shape index (κ3) is 6.45. The Hall–Kier alpha value is -2.57. The molecule has 0 saturated heterocycles. The molecule has 1 N–H and O–H groups in total. The highest BCUT2D eigenvalue weighted by Gasteiger charge is 2.28. The number of nitrogens with zero attached hydrogens (tertiary/aromatic N) is 3. The first-order chi connectivity index (χ1) is 14.6. The topological polar surface area (TPSA) is 78.3 Å². The number of rotatable bonds is 6. The maximum absolute atomic E-state index is 12.0. The predicted octanol–water partition coefficient (Wildman–Crippen LogP) is 5.07. The molecule has 2 aromatic rings. The molecule has 1 aromatic heterocycles. The molecule has 1 heterocycles. The minimum atomic E-state index is -0.478. The van der Waals surface area contributed by atoms with Crippen LogP contribution in [-0.4, -0.2) is 32.5 Å². The number of aromatic nitrogens is 3. The van der Waals surface area contributed by atoms with E-state index < -0.39 is 5.60 Å². The van der Waals surface area contributed by atoms with Crippen LogP contribution >= 0.6 is 0 Å². The molecule has 1 aliphatic carbocycles. The molecule has 1 aliphatic rings. The number of benzene rings is 1. The molecular formula is C24H36N4O3. The molecule has 3 rings (SSSR count). The van der Waals surface area contributed by atoms with Crippen molar-refractivity contribution in [3.05, 3.63) is 41.5 Å². The summed E-state index contributed by atoms with van der Waals surface area (Å²) in [6.07, 6.45) is 3.40.